The molecule has 2 heterocycles. The third-order valence-electron chi connectivity index (χ3n) is 2.66. The lowest BCUT2D eigenvalue weighted by Gasteiger charge is -2.24. The van der Waals surface area contributed by atoms with Gasteiger partial charge in [0.1, 0.15) is 5.83 Å². The van der Waals surface area contributed by atoms with Gasteiger partial charge in [-0.1, -0.05) is 0 Å². The molecule has 1 aromatic heterocycles. The van der Waals surface area contributed by atoms with Gasteiger partial charge in [0.2, 0.25) is 0 Å². The minimum atomic E-state index is -0.235. The van der Waals surface area contributed by atoms with Crippen molar-refractivity contribution in [2.75, 3.05) is 13.1 Å². The molecule has 0 radical (unpaired) electrons. The van der Waals surface area contributed by atoms with E-state index in [1.807, 2.05) is 6.92 Å². The summed E-state index contributed by atoms with van der Waals surface area (Å²) in [4.78, 5) is 17.5. The second-order valence-corrected chi connectivity index (χ2v) is 3.86. The van der Waals surface area contributed by atoms with Crippen molar-refractivity contribution in [3.05, 3.63) is 41.5 Å². The summed E-state index contributed by atoms with van der Waals surface area (Å²) in [5, 5.41) is 0. The Kier molecular flexibility index (Phi) is 2.99. The van der Waals surface area contributed by atoms with Gasteiger partial charge in [-0.2, -0.15) is 0 Å². The van der Waals surface area contributed by atoms with E-state index in [9.17, 15) is 9.18 Å². The summed E-state index contributed by atoms with van der Waals surface area (Å²) in [6.07, 6.45) is 5.29. The fourth-order valence-electron chi connectivity index (χ4n) is 1.73. The Morgan fingerprint density at radius 2 is 2.38 bits per heavy atom. The van der Waals surface area contributed by atoms with Crippen LogP contribution >= 0.6 is 0 Å². The number of carbonyl (C=O) groups excluding carboxylic acids is 1. The first-order valence-electron chi connectivity index (χ1n) is 5.23. The third-order valence-corrected chi connectivity index (χ3v) is 2.66. The predicted molar refractivity (Wildman–Crippen MR) is 58.7 cm³/mol. The number of aromatic nitrogens is 1. The number of halogens is 1. The van der Waals surface area contributed by atoms with Gasteiger partial charge in [-0.15, -0.1) is 0 Å². The zero-order valence-electron chi connectivity index (χ0n) is 9.11. The van der Waals surface area contributed by atoms with Crippen LogP contribution in [0.1, 0.15) is 22.3 Å². The van der Waals surface area contributed by atoms with Gasteiger partial charge < -0.3 is 4.90 Å². The molecule has 0 spiro atoms. The molecule has 0 aliphatic carbocycles. The maximum atomic E-state index is 13.1. The molecule has 0 N–H and O–H groups in total. The summed E-state index contributed by atoms with van der Waals surface area (Å²) in [5.74, 6) is -0.380. The number of pyridine rings is 1. The van der Waals surface area contributed by atoms with Crippen LogP contribution in [-0.4, -0.2) is 28.9 Å². The summed E-state index contributed by atoms with van der Waals surface area (Å²) in [6.45, 7) is 2.50. The second kappa shape index (κ2) is 4.43. The molecule has 0 fully saturated rings. The summed E-state index contributed by atoms with van der Waals surface area (Å²) in [5.41, 5.74) is 1.42. The van der Waals surface area contributed by atoms with Gasteiger partial charge in [0.25, 0.3) is 5.91 Å². The molecule has 1 aliphatic heterocycles. The molecule has 0 unspecified atom stereocenters. The molecule has 0 saturated carbocycles. The molecular formula is C12H13FN2O. The normalized spacial score (nSPS) is 15.9. The van der Waals surface area contributed by atoms with Crippen molar-refractivity contribution in [2.24, 2.45) is 0 Å². The van der Waals surface area contributed by atoms with Crippen LogP contribution in [0.4, 0.5) is 4.39 Å². The van der Waals surface area contributed by atoms with E-state index in [0.717, 1.165) is 5.56 Å². The zero-order valence-corrected chi connectivity index (χ0v) is 9.11. The topological polar surface area (TPSA) is 33.2 Å². The zero-order chi connectivity index (χ0) is 11.5. The molecule has 4 heteroatoms. The third kappa shape index (κ3) is 2.10. The van der Waals surface area contributed by atoms with E-state index in [0.29, 0.717) is 18.5 Å². The molecule has 0 saturated heterocycles. The van der Waals surface area contributed by atoms with Crippen molar-refractivity contribution < 1.29 is 9.18 Å². The summed E-state index contributed by atoms with van der Waals surface area (Å²) >= 11 is 0. The fourth-order valence-corrected chi connectivity index (χ4v) is 1.73. The number of carbonyl (C=O) groups is 1. The molecule has 3 nitrogen and oxygen atoms in total. The summed E-state index contributed by atoms with van der Waals surface area (Å²) < 4.78 is 13.1. The van der Waals surface area contributed by atoms with Crippen LogP contribution in [0, 0.1) is 6.92 Å². The van der Waals surface area contributed by atoms with Gasteiger partial charge in [-0.25, -0.2) is 4.39 Å². The highest BCUT2D eigenvalue weighted by molar-refractivity contribution is 5.95. The SMILES string of the molecule is Cc1ccncc1C(=O)N1CCC=C(F)C1. The van der Waals surface area contributed by atoms with Crippen LogP contribution in [0.5, 0.6) is 0 Å². The second-order valence-electron chi connectivity index (χ2n) is 3.86. The quantitative estimate of drug-likeness (QED) is 0.726. The van der Waals surface area contributed by atoms with Crippen LogP contribution in [0.25, 0.3) is 0 Å². The fraction of sp³-hybridized carbons (Fsp3) is 0.333. The molecule has 0 aromatic carbocycles. The van der Waals surface area contributed by atoms with Gasteiger partial charge in [-0.05, 0) is 31.1 Å². The van der Waals surface area contributed by atoms with Crippen LogP contribution < -0.4 is 0 Å². The number of hydrogen-bond donors (Lipinski definition) is 0. The largest absolute Gasteiger partial charge is 0.332 e. The number of rotatable bonds is 1. The van der Waals surface area contributed by atoms with E-state index in [1.54, 1.807) is 12.3 Å². The van der Waals surface area contributed by atoms with E-state index >= 15 is 0 Å². The molecular weight excluding hydrogens is 207 g/mol. The minimum absolute atomic E-state index is 0.0766. The average Bonchev–Trinajstić information content (AvgIpc) is 2.29. The standard InChI is InChI=1S/C12H13FN2O/c1-9-4-5-14-7-11(9)12(16)15-6-2-3-10(13)8-15/h3-5,7H,2,6,8H2,1H3. The van der Waals surface area contributed by atoms with E-state index < -0.39 is 0 Å². The molecule has 1 aliphatic rings. The Morgan fingerprint density at radius 1 is 1.56 bits per heavy atom. The Balaban J connectivity index is 2.20. The Hall–Kier alpha value is -1.71. The molecule has 0 bridgehead atoms. The lowest BCUT2D eigenvalue weighted by atomic mass is 10.1. The Labute approximate surface area is 93.6 Å². The van der Waals surface area contributed by atoms with Crippen molar-refractivity contribution in [1.82, 2.24) is 9.88 Å². The first-order chi connectivity index (χ1) is 7.68. The Bertz CT molecular complexity index is 442. The van der Waals surface area contributed by atoms with Gasteiger partial charge in [-0.3, -0.25) is 9.78 Å². The van der Waals surface area contributed by atoms with Gasteiger partial charge in [0, 0.05) is 18.9 Å². The lowest BCUT2D eigenvalue weighted by Crippen LogP contribution is -2.35. The van der Waals surface area contributed by atoms with Crippen molar-refractivity contribution in [1.29, 1.82) is 0 Å². The highest BCUT2D eigenvalue weighted by atomic mass is 19.1. The highest BCUT2D eigenvalue weighted by Crippen LogP contribution is 2.15. The van der Waals surface area contributed by atoms with Crippen molar-refractivity contribution in [3.8, 4) is 0 Å². The summed E-state index contributed by atoms with van der Waals surface area (Å²) in [7, 11) is 0. The van der Waals surface area contributed by atoms with Crippen molar-refractivity contribution >= 4 is 5.91 Å². The van der Waals surface area contributed by atoms with E-state index in [1.165, 1.54) is 17.2 Å². The summed E-state index contributed by atoms with van der Waals surface area (Å²) in [6, 6.07) is 1.78. The first kappa shape index (κ1) is 10.8. The lowest BCUT2D eigenvalue weighted by molar-refractivity contribution is 0.0754. The van der Waals surface area contributed by atoms with E-state index in [4.69, 9.17) is 0 Å². The van der Waals surface area contributed by atoms with Crippen LogP contribution in [0.15, 0.2) is 30.4 Å². The van der Waals surface area contributed by atoms with E-state index in [2.05, 4.69) is 4.98 Å². The smallest absolute Gasteiger partial charge is 0.256 e. The number of hydrogen-bond acceptors (Lipinski definition) is 2. The molecule has 16 heavy (non-hydrogen) atoms. The van der Waals surface area contributed by atoms with Crippen LogP contribution in [0.3, 0.4) is 0 Å². The minimum Gasteiger partial charge on any atom is -0.332 e. The number of aryl methyl sites for hydroxylation is 1. The Morgan fingerprint density at radius 3 is 3.06 bits per heavy atom. The molecule has 0 atom stereocenters. The van der Waals surface area contributed by atoms with Crippen molar-refractivity contribution in [3.63, 3.8) is 0 Å². The predicted octanol–water partition coefficient (Wildman–Crippen LogP) is 2.09. The van der Waals surface area contributed by atoms with E-state index in [-0.39, 0.29) is 18.3 Å². The monoisotopic (exact) mass is 220 g/mol. The first-order valence-corrected chi connectivity index (χ1v) is 5.23. The van der Waals surface area contributed by atoms with Crippen LogP contribution in [-0.2, 0) is 0 Å². The van der Waals surface area contributed by atoms with Gasteiger partial charge in [0.05, 0.1) is 12.1 Å². The van der Waals surface area contributed by atoms with Gasteiger partial charge >= 0.3 is 0 Å². The maximum Gasteiger partial charge on any atom is 0.256 e. The van der Waals surface area contributed by atoms with Crippen LogP contribution in [0.2, 0.25) is 0 Å². The highest BCUT2D eigenvalue weighted by Gasteiger charge is 2.20. The molecule has 2 rings (SSSR count). The van der Waals surface area contributed by atoms with Crippen molar-refractivity contribution in [2.45, 2.75) is 13.3 Å². The van der Waals surface area contributed by atoms with Gasteiger partial charge in [0.15, 0.2) is 0 Å². The number of amides is 1. The number of nitrogens with zero attached hydrogens (tertiary/aromatic N) is 2. The molecule has 84 valence electrons. The molecule has 1 amide bonds. The maximum absolute atomic E-state index is 13.1. The molecule has 1 aromatic rings. The average molecular weight is 220 g/mol.